The van der Waals surface area contributed by atoms with E-state index in [1.165, 1.54) is 30.2 Å². The fourth-order valence-corrected chi connectivity index (χ4v) is 6.80. The third-order valence-corrected chi connectivity index (χ3v) is 8.39. The molecular weight excluding hydrogens is 406 g/mol. The third kappa shape index (κ3) is 3.65. The summed E-state index contributed by atoms with van der Waals surface area (Å²) in [6.45, 7) is 5.28. The van der Waals surface area contributed by atoms with Gasteiger partial charge in [0.1, 0.15) is 11.6 Å². The minimum Gasteiger partial charge on any atom is -0.393 e. The van der Waals surface area contributed by atoms with Crippen LogP contribution in [0.15, 0.2) is 34.9 Å². The van der Waals surface area contributed by atoms with Gasteiger partial charge >= 0.3 is 0 Å². The van der Waals surface area contributed by atoms with Crippen molar-refractivity contribution in [3.8, 4) is 12.3 Å². The number of terminal acetylenes is 1. The summed E-state index contributed by atoms with van der Waals surface area (Å²) in [5.74, 6) is 2.03. The second-order valence-electron chi connectivity index (χ2n) is 10.1. The monoisotopic (exact) mass is 438 g/mol. The number of rotatable bonds is 1. The Labute approximate surface area is 189 Å². The van der Waals surface area contributed by atoms with Gasteiger partial charge in [0, 0.05) is 17.9 Å². The molecule has 4 heteroatoms. The summed E-state index contributed by atoms with van der Waals surface area (Å²) in [7, 11) is 0. The van der Waals surface area contributed by atoms with Crippen LogP contribution in [0.5, 0.6) is 0 Å². The molecule has 5 unspecified atom stereocenters. The number of allylic oxidation sites excluding steroid dienone is 4. The number of halogens is 2. The first-order chi connectivity index (χ1) is 15.2. The zero-order chi connectivity index (χ0) is 23.2. The van der Waals surface area contributed by atoms with Crippen molar-refractivity contribution in [2.24, 2.45) is 17.3 Å². The number of hydrogen-bond acceptors (Lipinski definition) is 2. The van der Waals surface area contributed by atoms with Crippen LogP contribution < -0.4 is 0 Å². The van der Waals surface area contributed by atoms with Crippen molar-refractivity contribution in [3.63, 3.8) is 0 Å². The topological polar surface area (TPSA) is 37.3 Å². The van der Waals surface area contributed by atoms with Gasteiger partial charge in [-0.2, -0.15) is 0 Å². The Kier molecular flexibility index (Phi) is 6.16. The van der Waals surface area contributed by atoms with Gasteiger partial charge in [-0.1, -0.05) is 12.5 Å². The highest BCUT2D eigenvalue weighted by molar-refractivity contribution is 5.93. The van der Waals surface area contributed by atoms with Crippen molar-refractivity contribution in [1.29, 1.82) is 0 Å². The number of benzene rings is 1. The summed E-state index contributed by atoms with van der Waals surface area (Å²) >= 11 is 0. The van der Waals surface area contributed by atoms with Crippen molar-refractivity contribution in [3.05, 3.63) is 57.7 Å². The molecule has 0 saturated heterocycles. The normalized spacial score (nSPS) is 33.3. The fraction of sp³-hybridized carbons (Fsp3) is 0.536. The zero-order valence-corrected chi connectivity index (χ0v) is 19.2. The maximum atomic E-state index is 14.5. The lowest BCUT2D eigenvalue weighted by Crippen LogP contribution is -2.45. The molecule has 5 atom stereocenters. The molecule has 4 aliphatic rings. The number of carbonyl (C=O) groups is 1. The highest BCUT2D eigenvalue weighted by Crippen LogP contribution is 2.63. The van der Waals surface area contributed by atoms with Crippen LogP contribution >= 0.6 is 0 Å². The quantitative estimate of drug-likeness (QED) is 0.532. The largest absolute Gasteiger partial charge is 0.393 e. The molecule has 0 amide bonds. The summed E-state index contributed by atoms with van der Waals surface area (Å²) in [5, 5.41) is 10.8. The smallest absolute Gasteiger partial charge is 0.156 e. The van der Waals surface area contributed by atoms with Gasteiger partial charge in [0.15, 0.2) is 5.78 Å². The lowest BCUT2D eigenvalue weighted by atomic mass is 9.53. The first kappa shape index (κ1) is 22.9. The van der Waals surface area contributed by atoms with Gasteiger partial charge in [-0.3, -0.25) is 4.79 Å². The van der Waals surface area contributed by atoms with Crippen LogP contribution in [-0.2, 0) is 4.79 Å². The molecule has 0 heterocycles. The Balaban J connectivity index is 0.000000775. The number of ketones is 1. The third-order valence-electron chi connectivity index (χ3n) is 8.39. The van der Waals surface area contributed by atoms with Crippen molar-refractivity contribution in [1.82, 2.24) is 0 Å². The second kappa shape index (κ2) is 8.60. The Morgan fingerprint density at radius 1 is 1.12 bits per heavy atom. The van der Waals surface area contributed by atoms with Gasteiger partial charge in [0.2, 0.25) is 0 Å². The van der Waals surface area contributed by atoms with E-state index in [1.54, 1.807) is 13.0 Å². The molecule has 0 aromatic heterocycles. The minimum atomic E-state index is -0.508. The van der Waals surface area contributed by atoms with Crippen LogP contribution in [0.3, 0.4) is 0 Å². The van der Waals surface area contributed by atoms with Gasteiger partial charge in [-0.05, 0) is 105 Å². The van der Waals surface area contributed by atoms with E-state index in [0.29, 0.717) is 30.2 Å². The molecule has 2 nitrogen and oxygen atoms in total. The van der Waals surface area contributed by atoms with Gasteiger partial charge < -0.3 is 5.11 Å². The number of aliphatic hydroxyl groups is 1. The van der Waals surface area contributed by atoms with Crippen LogP contribution in [0.25, 0.3) is 0 Å². The Morgan fingerprint density at radius 3 is 2.44 bits per heavy atom. The lowest BCUT2D eigenvalue weighted by Gasteiger charge is -2.52. The number of carbonyl (C=O) groups excluding carboxylic acids is 1. The lowest BCUT2D eigenvalue weighted by molar-refractivity contribution is -0.114. The Morgan fingerprint density at radius 2 is 1.78 bits per heavy atom. The van der Waals surface area contributed by atoms with Crippen LogP contribution in [0.1, 0.15) is 75.8 Å². The van der Waals surface area contributed by atoms with E-state index >= 15 is 0 Å². The standard InChI is InChI=1S/C25H28F2O2.C3H4/c1-13-21(26)10-15(11-22(13)27)19-12-25(2)20(7-8-23(25)29)18-5-3-14-9-16(28)4-6-17(14)24(18)19;1-3-2/h9-11,18-20,23,29H,3-8,12H2,1-2H3;1H,2H3. The first-order valence-electron chi connectivity index (χ1n) is 11.7. The van der Waals surface area contributed by atoms with Crippen molar-refractivity contribution < 1.29 is 18.7 Å². The molecule has 0 bridgehead atoms. The van der Waals surface area contributed by atoms with Crippen LogP contribution in [-0.4, -0.2) is 17.0 Å². The predicted octanol–water partition coefficient (Wildman–Crippen LogP) is 6.17. The van der Waals surface area contributed by atoms with Gasteiger partial charge in [-0.25, -0.2) is 8.78 Å². The van der Waals surface area contributed by atoms with Gasteiger partial charge in [-0.15, -0.1) is 12.3 Å². The molecule has 0 spiro atoms. The summed E-state index contributed by atoms with van der Waals surface area (Å²) in [5.41, 5.74) is 4.19. The van der Waals surface area contributed by atoms with E-state index in [-0.39, 0.29) is 28.8 Å². The van der Waals surface area contributed by atoms with Crippen molar-refractivity contribution in [2.45, 2.75) is 77.7 Å². The van der Waals surface area contributed by atoms with E-state index in [2.05, 4.69) is 19.3 Å². The Bertz CT molecular complexity index is 1020. The first-order valence-corrected chi connectivity index (χ1v) is 11.7. The van der Waals surface area contributed by atoms with Crippen molar-refractivity contribution >= 4 is 5.78 Å². The molecule has 170 valence electrons. The summed E-state index contributed by atoms with van der Waals surface area (Å²) in [6, 6.07) is 2.98. The average Bonchev–Trinajstić information content (AvgIpc) is 3.05. The molecule has 0 radical (unpaired) electrons. The molecule has 5 rings (SSSR count). The molecular formula is C28H32F2O2. The highest BCUT2D eigenvalue weighted by Gasteiger charge is 2.56. The van der Waals surface area contributed by atoms with Crippen LogP contribution in [0.4, 0.5) is 8.78 Å². The molecule has 2 fully saturated rings. The van der Waals surface area contributed by atoms with E-state index in [0.717, 1.165) is 37.7 Å². The maximum Gasteiger partial charge on any atom is 0.156 e. The molecule has 1 aromatic carbocycles. The predicted molar refractivity (Wildman–Crippen MR) is 122 cm³/mol. The molecule has 32 heavy (non-hydrogen) atoms. The maximum absolute atomic E-state index is 14.5. The highest BCUT2D eigenvalue weighted by atomic mass is 19.1. The molecule has 1 aromatic rings. The average molecular weight is 439 g/mol. The van der Waals surface area contributed by atoms with E-state index in [4.69, 9.17) is 0 Å². The molecule has 2 saturated carbocycles. The SMILES string of the molecule is C#CC.Cc1c(F)cc(C2CC3(C)C(O)CCC3C3CCC4=CC(=O)CCC4=C23)cc1F. The summed E-state index contributed by atoms with van der Waals surface area (Å²) in [6.07, 6.45) is 11.6. The second-order valence-corrected chi connectivity index (χ2v) is 10.1. The molecule has 0 aliphatic heterocycles. The van der Waals surface area contributed by atoms with Gasteiger partial charge in [0.05, 0.1) is 6.10 Å². The van der Waals surface area contributed by atoms with E-state index < -0.39 is 11.6 Å². The number of aliphatic hydroxyl groups excluding tert-OH is 1. The van der Waals surface area contributed by atoms with Crippen molar-refractivity contribution in [2.75, 3.05) is 0 Å². The summed E-state index contributed by atoms with van der Waals surface area (Å²) < 4.78 is 29.0. The zero-order valence-electron chi connectivity index (χ0n) is 19.2. The Hall–Kier alpha value is -2.25. The van der Waals surface area contributed by atoms with Gasteiger partial charge in [0.25, 0.3) is 0 Å². The fourth-order valence-electron chi connectivity index (χ4n) is 6.80. The molecule has 4 aliphatic carbocycles. The van der Waals surface area contributed by atoms with Crippen LogP contribution in [0.2, 0.25) is 0 Å². The van der Waals surface area contributed by atoms with E-state index in [1.807, 2.05) is 0 Å². The number of hydrogen-bond donors (Lipinski definition) is 1. The van der Waals surface area contributed by atoms with E-state index in [9.17, 15) is 18.7 Å². The minimum absolute atomic E-state index is 0.0521. The van der Waals surface area contributed by atoms with Crippen LogP contribution in [0, 0.1) is 48.2 Å². The molecule has 1 N–H and O–H groups in total. The summed E-state index contributed by atoms with van der Waals surface area (Å²) in [4.78, 5) is 12.0. The number of fused-ring (bicyclic) bond motifs is 4.